The fourth-order valence-electron chi connectivity index (χ4n) is 1.54. The average Bonchev–Trinajstić information content (AvgIpc) is 2.32. The van der Waals surface area contributed by atoms with Crippen LogP contribution in [0.4, 0.5) is 5.69 Å². The number of pyridine rings is 1. The molecule has 0 unspecified atom stereocenters. The molecule has 2 N–H and O–H groups in total. The average molecular weight is 297 g/mol. The number of phenols is 1. The van der Waals surface area contributed by atoms with Crippen molar-refractivity contribution in [2.24, 2.45) is 0 Å². The molecule has 0 saturated carbocycles. The summed E-state index contributed by atoms with van der Waals surface area (Å²) in [5, 5.41) is 12.5. The zero-order valence-electron chi connectivity index (χ0n) is 9.95. The number of phenolic OH excluding ortho intramolecular Hbond substituents is 1. The van der Waals surface area contributed by atoms with E-state index in [1.807, 2.05) is 6.92 Å². The maximum atomic E-state index is 12.0. The van der Waals surface area contributed by atoms with Crippen LogP contribution in [0.5, 0.6) is 5.75 Å². The Hall–Kier alpha value is -1.78. The maximum Gasteiger partial charge on any atom is 0.255 e. The first-order chi connectivity index (χ1) is 8.95. The molecule has 0 atom stereocenters. The number of aromatic nitrogens is 1. The van der Waals surface area contributed by atoms with Crippen molar-refractivity contribution in [3.63, 3.8) is 0 Å². The van der Waals surface area contributed by atoms with Gasteiger partial charge in [0.05, 0.1) is 5.69 Å². The second-order valence-corrected chi connectivity index (χ2v) is 4.75. The quantitative estimate of drug-likeness (QED) is 0.657. The van der Waals surface area contributed by atoms with Gasteiger partial charge in [0.2, 0.25) is 0 Å². The minimum absolute atomic E-state index is 0.00907. The summed E-state index contributed by atoms with van der Waals surface area (Å²) >= 11 is 11.5. The topological polar surface area (TPSA) is 62.2 Å². The highest BCUT2D eigenvalue weighted by molar-refractivity contribution is 6.33. The molecule has 1 aromatic carbocycles. The van der Waals surface area contributed by atoms with E-state index < -0.39 is 5.91 Å². The summed E-state index contributed by atoms with van der Waals surface area (Å²) in [6, 6.07) is 7.71. The minimum atomic E-state index is -0.424. The first kappa shape index (κ1) is 13.6. The molecule has 2 aromatic rings. The maximum absolute atomic E-state index is 12.0. The predicted octanol–water partition coefficient (Wildman–Crippen LogP) is 3.65. The van der Waals surface area contributed by atoms with Crippen LogP contribution in [0.25, 0.3) is 0 Å². The number of hydrogen-bond donors (Lipinski definition) is 2. The van der Waals surface area contributed by atoms with Crippen molar-refractivity contribution < 1.29 is 9.90 Å². The molecule has 0 aliphatic rings. The Bertz CT molecular complexity index is 624. The van der Waals surface area contributed by atoms with Gasteiger partial charge in [-0.1, -0.05) is 29.3 Å². The number of hydrogen-bond acceptors (Lipinski definition) is 3. The van der Waals surface area contributed by atoms with E-state index in [2.05, 4.69) is 10.3 Å². The van der Waals surface area contributed by atoms with Gasteiger partial charge in [-0.3, -0.25) is 4.79 Å². The highest BCUT2D eigenvalue weighted by atomic mass is 35.5. The van der Waals surface area contributed by atoms with E-state index in [1.165, 1.54) is 18.2 Å². The van der Waals surface area contributed by atoms with Crippen molar-refractivity contribution in [2.75, 3.05) is 5.32 Å². The summed E-state index contributed by atoms with van der Waals surface area (Å²) in [5.74, 6) is -0.433. The number of carbonyl (C=O) groups is 1. The number of benzene rings is 1. The summed E-state index contributed by atoms with van der Waals surface area (Å²) in [6.45, 7) is 1.86. The lowest BCUT2D eigenvalue weighted by atomic mass is 10.2. The number of nitrogens with zero attached hydrogens (tertiary/aromatic N) is 1. The Morgan fingerprint density at radius 1 is 1.21 bits per heavy atom. The molecule has 0 aliphatic heterocycles. The number of nitrogens with one attached hydrogen (secondary N) is 1. The van der Waals surface area contributed by atoms with E-state index in [-0.39, 0.29) is 21.6 Å². The van der Waals surface area contributed by atoms with Crippen LogP contribution in [-0.2, 0) is 0 Å². The molecule has 1 aromatic heterocycles. The van der Waals surface area contributed by atoms with Crippen LogP contribution in [0.15, 0.2) is 30.3 Å². The molecule has 4 nitrogen and oxygen atoms in total. The summed E-state index contributed by atoms with van der Waals surface area (Å²) in [6.07, 6.45) is 0. The molecule has 6 heteroatoms. The van der Waals surface area contributed by atoms with Gasteiger partial charge in [0.15, 0.2) is 0 Å². The number of aryl methyl sites for hydroxylation is 1. The summed E-state index contributed by atoms with van der Waals surface area (Å²) < 4.78 is 0. The molecule has 98 valence electrons. The second kappa shape index (κ2) is 5.47. The van der Waals surface area contributed by atoms with Crippen molar-refractivity contribution in [3.8, 4) is 5.75 Å². The largest absolute Gasteiger partial charge is 0.506 e. The minimum Gasteiger partial charge on any atom is -0.506 e. The molecule has 0 saturated heterocycles. The van der Waals surface area contributed by atoms with Crippen LogP contribution in [0.3, 0.4) is 0 Å². The number of anilines is 1. The standard InChI is InChI=1S/C13H10Cl2N2O2/c1-7-2-3-10(18)9(4-7)16-13(19)8-5-11(14)17-12(15)6-8/h2-6,18H,1H3,(H,16,19). The van der Waals surface area contributed by atoms with Crippen LogP contribution in [0.1, 0.15) is 15.9 Å². The third-order valence-electron chi connectivity index (χ3n) is 2.43. The van der Waals surface area contributed by atoms with Gasteiger partial charge in [0, 0.05) is 5.56 Å². The highest BCUT2D eigenvalue weighted by Crippen LogP contribution is 2.25. The third-order valence-corrected chi connectivity index (χ3v) is 2.81. The smallest absolute Gasteiger partial charge is 0.255 e. The number of rotatable bonds is 2. The van der Waals surface area contributed by atoms with E-state index in [0.717, 1.165) is 5.56 Å². The van der Waals surface area contributed by atoms with Crippen LogP contribution >= 0.6 is 23.2 Å². The Kier molecular flexibility index (Phi) is 3.93. The van der Waals surface area contributed by atoms with E-state index in [9.17, 15) is 9.90 Å². The SMILES string of the molecule is Cc1ccc(O)c(NC(=O)c2cc(Cl)nc(Cl)c2)c1. The van der Waals surface area contributed by atoms with Gasteiger partial charge >= 0.3 is 0 Å². The van der Waals surface area contributed by atoms with Crippen molar-refractivity contribution >= 4 is 34.8 Å². The van der Waals surface area contributed by atoms with E-state index >= 15 is 0 Å². The zero-order valence-corrected chi connectivity index (χ0v) is 11.5. The molecule has 2 rings (SSSR count). The number of carbonyl (C=O) groups excluding carboxylic acids is 1. The molecular weight excluding hydrogens is 287 g/mol. The monoisotopic (exact) mass is 296 g/mol. The fourth-order valence-corrected chi connectivity index (χ4v) is 2.00. The van der Waals surface area contributed by atoms with Crippen LogP contribution in [0, 0.1) is 6.92 Å². The van der Waals surface area contributed by atoms with Crippen LogP contribution < -0.4 is 5.32 Å². The fraction of sp³-hybridized carbons (Fsp3) is 0.0769. The molecule has 0 radical (unpaired) electrons. The lowest BCUT2D eigenvalue weighted by Gasteiger charge is -2.08. The van der Waals surface area contributed by atoms with Crippen LogP contribution in [0.2, 0.25) is 10.3 Å². The Labute approximate surface area is 120 Å². The lowest BCUT2D eigenvalue weighted by Crippen LogP contribution is -2.12. The molecule has 0 aliphatic carbocycles. The van der Waals surface area contributed by atoms with Crippen molar-refractivity contribution in [3.05, 3.63) is 51.8 Å². The van der Waals surface area contributed by atoms with Gasteiger partial charge in [-0.2, -0.15) is 0 Å². The first-order valence-corrected chi connectivity index (χ1v) is 6.15. The summed E-state index contributed by atoms with van der Waals surface area (Å²) in [4.78, 5) is 15.8. The van der Waals surface area contributed by atoms with Gasteiger partial charge in [-0.15, -0.1) is 0 Å². The van der Waals surface area contributed by atoms with E-state index in [0.29, 0.717) is 5.69 Å². The summed E-state index contributed by atoms with van der Waals surface area (Å²) in [7, 11) is 0. The molecule has 1 heterocycles. The predicted molar refractivity (Wildman–Crippen MR) is 75.1 cm³/mol. The van der Waals surface area contributed by atoms with Gasteiger partial charge in [0.1, 0.15) is 16.1 Å². The Morgan fingerprint density at radius 3 is 2.47 bits per heavy atom. The lowest BCUT2D eigenvalue weighted by molar-refractivity contribution is 0.102. The normalized spacial score (nSPS) is 10.3. The second-order valence-electron chi connectivity index (χ2n) is 3.98. The van der Waals surface area contributed by atoms with Crippen molar-refractivity contribution in [1.29, 1.82) is 0 Å². The molecule has 19 heavy (non-hydrogen) atoms. The van der Waals surface area contributed by atoms with E-state index in [1.54, 1.807) is 12.1 Å². The van der Waals surface area contributed by atoms with Gasteiger partial charge in [-0.25, -0.2) is 4.98 Å². The number of aromatic hydroxyl groups is 1. The van der Waals surface area contributed by atoms with Crippen LogP contribution in [-0.4, -0.2) is 16.0 Å². The molecular formula is C13H10Cl2N2O2. The zero-order chi connectivity index (χ0) is 14.0. The van der Waals surface area contributed by atoms with E-state index in [4.69, 9.17) is 23.2 Å². The van der Waals surface area contributed by atoms with Crippen molar-refractivity contribution in [2.45, 2.75) is 6.92 Å². The molecule has 0 fully saturated rings. The molecule has 1 amide bonds. The van der Waals surface area contributed by atoms with Gasteiger partial charge < -0.3 is 10.4 Å². The highest BCUT2D eigenvalue weighted by Gasteiger charge is 2.11. The van der Waals surface area contributed by atoms with Crippen molar-refractivity contribution in [1.82, 2.24) is 4.98 Å². The Balaban J connectivity index is 2.28. The van der Waals surface area contributed by atoms with Gasteiger partial charge in [-0.05, 0) is 36.8 Å². The summed E-state index contributed by atoms with van der Waals surface area (Å²) in [5.41, 5.74) is 1.51. The number of amides is 1. The molecule has 0 spiro atoms. The first-order valence-electron chi connectivity index (χ1n) is 5.40. The molecule has 0 bridgehead atoms. The number of halogens is 2. The Morgan fingerprint density at radius 2 is 1.84 bits per heavy atom. The third kappa shape index (κ3) is 3.36. The van der Waals surface area contributed by atoms with Gasteiger partial charge in [0.25, 0.3) is 5.91 Å².